The van der Waals surface area contributed by atoms with Gasteiger partial charge in [0.2, 0.25) is 5.91 Å². The number of amides is 1. The van der Waals surface area contributed by atoms with Crippen molar-refractivity contribution in [3.8, 4) is 0 Å². The molecule has 20 heavy (non-hydrogen) atoms. The normalized spacial score (nSPS) is 10.8. The second-order valence-corrected chi connectivity index (χ2v) is 5.41. The van der Waals surface area contributed by atoms with Crippen molar-refractivity contribution in [1.82, 2.24) is 14.9 Å². The van der Waals surface area contributed by atoms with Gasteiger partial charge in [-0.3, -0.25) is 4.79 Å². The molecule has 0 spiro atoms. The zero-order chi connectivity index (χ0) is 14.5. The lowest BCUT2D eigenvalue weighted by atomic mass is 10.2. The van der Waals surface area contributed by atoms with Gasteiger partial charge in [-0.05, 0) is 26.8 Å². The Kier molecular flexibility index (Phi) is 4.95. The molecule has 0 atom stereocenters. The van der Waals surface area contributed by atoms with Crippen molar-refractivity contribution >= 4 is 28.6 Å². The lowest BCUT2D eigenvalue weighted by molar-refractivity contribution is -0.127. The average molecular weight is 289 g/mol. The highest BCUT2D eigenvalue weighted by Gasteiger charge is 2.12. The number of benzene rings is 1. The van der Waals surface area contributed by atoms with E-state index in [4.69, 9.17) is 0 Å². The molecule has 0 saturated carbocycles. The fourth-order valence-electron chi connectivity index (χ4n) is 2.07. The molecule has 106 valence electrons. The second kappa shape index (κ2) is 6.70. The zero-order valence-corrected chi connectivity index (χ0v) is 12.9. The lowest BCUT2D eigenvalue weighted by Crippen LogP contribution is -2.31. The Balaban J connectivity index is 2.19. The monoisotopic (exact) mass is 289 g/mol. The Morgan fingerprint density at radius 1 is 1.20 bits per heavy atom. The van der Waals surface area contributed by atoms with Gasteiger partial charge in [-0.15, -0.1) is 0 Å². The van der Waals surface area contributed by atoms with Crippen molar-refractivity contribution < 1.29 is 4.79 Å². The number of para-hydroxylation sites is 1. The Bertz CT molecular complexity index is 611. The topological polar surface area (TPSA) is 46.1 Å². The highest BCUT2D eigenvalue weighted by molar-refractivity contribution is 8.00. The summed E-state index contributed by atoms with van der Waals surface area (Å²) < 4.78 is 0. The molecule has 1 heterocycles. The third-order valence-corrected chi connectivity index (χ3v) is 4.10. The van der Waals surface area contributed by atoms with E-state index in [1.54, 1.807) is 0 Å². The summed E-state index contributed by atoms with van der Waals surface area (Å²) in [6.07, 6.45) is 0. The van der Waals surface area contributed by atoms with Crippen LogP contribution in [0.15, 0.2) is 29.3 Å². The Morgan fingerprint density at radius 2 is 1.90 bits per heavy atom. The molecule has 0 unspecified atom stereocenters. The molecule has 0 fully saturated rings. The number of aryl methyl sites for hydroxylation is 1. The zero-order valence-electron chi connectivity index (χ0n) is 12.1. The molecule has 5 heteroatoms. The molecule has 2 rings (SSSR count). The van der Waals surface area contributed by atoms with Gasteiger partial charge in [0.1, 0.15) is 10.9 Å². The van der Waals surface area contributed by atoms with Gasteiger partial charge >= 0.3 is 0 Å². The maximum absolute atomic E-state index is 12.1. The van der Waals surface area contributed by atoms with Crippen molar-refractivity contribution in [2.45, 2.75) is 25.8 Å². The van der Waals surface area contributed by atoms with Gasteiger partial charge in [0.05, 0.1) is 11.3 Å². The summed E-state index contributed by atoms with van der Waals surface area (Å²) in [4.78, 5) is 22.8. The first-order valence-corrected chi connectivity index (χ1v) is 7.78. The number of hydrogen-bond acceptors (Lipinski definition) is 4. The maximum atomic E-state index is 12.1. The third kappa shape index (κ3) is 3.28. The van der Waals surface area contributed by atoms with E-state index < -0.39 is 0 Å². The molecule has 0 aliphatic heterocycles. The summed E-state index contributed by atoms with van der Waals surface area (Å²) in [5.74, 6) is 1.31. The third-order valence-electron chi connectivity index (χ3n) is 3.13. The first kappa shape index (κ1) is 14.8. The van der Waals surface area contributed by atoms with Crippen LogP contribution in [0.1, 0.15) is 19.7 Å². The Morgan fingerprint density at radius 3 is 2.60 bits per heavy atom. The van der Waals surface area contributed by atoms with E-state index >= 15 is 0 Å². The number of thioether (sulfide) groups is 1. The summed E-state index contributed by atoms with van der Waals surface area (Å²) in [5, 5.41) is 1.89. The van der Waals surface area contributed by atoms with Crippen molar-refractivity contribution in [2.75, 3.05) is 18.8 Å². The van der Waals surface area contributed by atoms with Crippen LogP contribution in [0.2, 0.25) is 0 Å². The number of carbonyl (C=O) groups is 1. The number of rotatable bonds is 5. The number of carbonyl (C=O) groups excluding carboxylic acids is 1. The maximum Gasteiger partial charge on any atom is 0.232 e. The van der Waals surface area contributed by atoms with E-state index in [0.29, 0.717) is 5.75 Å². The predicted molar refractivity (Wildman–Crippen MR) is 82.9 cm³/mol. The summed E-state index contributed by atoms with van der Waals surface area (Å²) in [6.45, 7) is 7.37. The van der Waals surface area contributed by atoms with E-state index in [1.807, 2.05) is 49.9 Å². The Labute approximate surface area is 123 Å². The molecule has 0 saturated heterocycles. The van der Waals surface area contributed by atoms with Crippen molar-refractivity contribution in [1.29, 1.82) is 0 Å². The van der Waals surface area contributed by atoms with Crippen LogP contribution in [-0.4, -0.2) is 39.6 Å². The Hall–Kier alpha value is -1.62. The minimum absolute atomic E-state index is 0.153. The first-order chi connectivity index (χ1) is 9.65. The first-order valence-electron chi connectivity index (χ1n) is 6.79. The van der Waals surface area contributed by atoms with Gasteiger partial charge in [-0.25, -0.2) is 9.97 Å². The largest absolute Gasteiger partial charge is 0.343 e. The SMILES string of the molecule is CCN(CC)C(=O)CSc1nc(C)nc2ccccc12. The van der Waals surface area contributed by atoms with Crippen molar-refractivity contribution in [3.63, 3.8) is 0 Å². The predicted octanol–water partition coefficient (Wildman–Crippen LogP) is 2.90. The fraction of sp³-hybridized carbons (Fsp3) is 0.400. The number of fused-ring (bicyclic) bond motifs is 1. The highest BCUT2D eigenvalue weighted by Crippen LogP contribution is 2.25. The van der Waals surface area contributed by atoms with E-state index in [0.717, 1.165) is 34.8 Å². The van der Waals surface area contributed by atoms with Gasteiger partial charge in [0, 0.05) is 18.5 Å². The van der Waals surface area contributed by atoms with Crippen LogP contribution < -0.4 is 0 Å². The van der Waals surface area contributed by atoms with Crippen LogP contribution in [0.5, 0.6) is 0 Å². The molecule has 2 aromatic rings. The summed E-state index contributed by atoms with van der Waals surface area (Å²) in [6, 6.07) is 7.90. The lowest BCUT2D eigenvalue weighted by Gasteiger charge is -2.18. The standard InChI is InChI=1S/C15H19N3OS/c1-4-18(5-2)14(19)10-20-15-12-8-6-7-9-13(12)16-11(3)17-15/h6-9H,4-5,10H2,1-3H3. The quantitative estimate of drug-likeness (QED) is 0.627. The summed E-state index contributed by atoms with van der Waals surface area (Å²) >= 11 is 1.49. The number of hydrogen-bond donors (Lipinski definition) is 0. The summed E-state index contributed by atoms with van der Waals surface area (Å²) in [5.41, 5.74) is 0.929. The molecular formula is C15H19N3OS. The van der Waals surface area contributed by atoms with Crippen LogP contribution in [0.25, 0.3) is 10.9 Å². The molecular weight excluding hydrogens is 270 g/mol. The second-order valence-electron chi connectivity index (χ2n) is 4.45. The highest BCUT2D eigenvalue weighted by atomic mass is 32.2. The average Bonchev–Trinajstić information content (AvgIpc) is 2.45. The molecule has 1 aromatic carbocycles. The van der Waals surface area contributed by atoms with E-state index in [1.165, 1.54) is 11.8 Å². The number of aromatic nitrogens is 2. The van der Waals surface area contributed by atoms with Crippen LogP contribution in [0.3, 0.4) is 0 Å². The van der Waals surface area contributed by atoms with E-state index in [-0.39, 0.29) is 5.91 Å². The molecule has 1 aromatic heterocycles. The van der Waals surface area contributed by atoms with Crippen LogP contribution in [-0.2, 0) is 4.79 Å². The van der Waals surface area contributed by atoms with Crippen LogP contribution >= 0.6 is 11.8 Å². The van der Waals surface area contributed by atoms with Gasteiger partial charge in [0.25, 0.3) is 0 Å². The van der Waals surface area contributed by atoms with Gasteiger partial charge in [0.15, 0.2) is 0 Å². The van der Waals surface area contributed by atoms with Crippen LogP contribution in [0.4, 0.5) is 0 Å². The van der Waals surface area contributed by atoms with E-state index in [2.05, 4.69) is 9.97 Å². The smallest absolute Gasteiger partial charge is 0.232 e. The minimum atomic E-state index is 0.153. The number of nitrogens with zero attached hydrogens (tertiary/aromatic N) is 3. The molecule has 0 radical (unpaired) electrons. The van der Waals surface area contributed by atoms with Crippen LogP contribution in [0, 0.1) is 6.92 Å². The molecule has 0 aliphatic carbocycles. The van der Waals surface area contributed by atoms with Crippen molar-refractivity contribution in [2.24, 2.45) is 0 Å². The van der Waals surface area contributed by atoms with Gasteiger partial charge in [-0.2, -0.15) is 0 Å². The molecule has 4 nitrogen and oxygen atoms in total. The molecule has 0 aliphatic rings. The van der Waals surface area contributed by atoms with Crippen molar-refractivity contribution in [3.05, 3.63) is 30.1 Å². The van der Waals surface area contributed by atoms with Gasteiger partial charge in [-0.1, -0.05) is 30.0 Å². The van der Waals surface area contributed by atoms with E-state index in [9.17, 15) is 4.79 Å². The molecule has 1 amide bonds. The fourth-order valence-corrected chi connectivity index (χ4v) is 3.03. The van der Waals surface area contributed by atoms with Gasteiger partial charge < -0.3 is 4.90 Å². The molecule has 0 bridgehead atoms. The summed E-state index contributed by atoms with van der Waals surface area (Å²) in [7, 11) is 0. The minimum Gasteiger partial charge on any atom is -0.343 e. The molecule has 0 N–H and O–H groups in total.